The molecule has 0 N–H and O–H groups in total. The lowest BCUT2D eigenvalue weighted by molar-refractivity contribution is 0.0535. The van der Waals surface area contributed by atoms with Crippen LogP contribution in [-0.4, -0.2) is 61.5 Å². The van der Waals surface area contributed by atoms with E-state index in [1.807, 2.05) is 13.8 Å². The summed E-state index contributed by atoms with van der Waals surface area (Å²) in [4.78, 5) is 29.0. The molecule has 2 aromatic rings. The second-order valence-corrected chi connectivity index (χ2v) is 8.72. The average molecular weight is 483 g/mol. The molecule has 172 valence electrons. The van der Waals surface area contributed by atoms with Gasteiger partial charge in [-0.1, -0.05) is 37.0 Å². The molecule has 0 aliphatic carbocycles. The van der Waals surface area contributed by atoms with Crippen LogP contribution in [0.1, 0.15) is 34.6 Å². The van der Waals surface area contributed by atoms with Crippen molar-refractivity contribution in [2.75, 3.05) is 39.9 Å². The number of amides is 2. The van der Waals surface area contributed by atoms with Crippen LogP contribution in [0, 0.1) is 11.7 Å². The molecule has 0 unspecified atom stereocenters. The van der Waals surface area contributed by atoms with Crippen LogP contribution in [0.15, 0.2) is 30.3 Å². The van der Waals surface area contributed by atoms with Gasteiger partial charge in [-0.15, -0.1) is 0 Å². The van der Waals surface area contributed by atoms with Crippen molar-refractivity contribution >= 4 is 35.0 Å². The third-order valence-electron chi connectivity index (χ3n) is 5.05. The molecular weight excluding hydrogens is 458 g/mol. The van der Waals surface area contributed by atoms with Crippen LogP contribution < -0.4 is 9.47 Å². The summed E-state index contributed by atoms with van der Waals surface area (Å²) in [6.07, 6.45) is 0. The van der Waals surface area contributed by atoms with Crippen LogP contribution in [0.25, 0.3) is 0 Å². The van der Waals surface area contributed by atoms with Crippen LogP contribution >= 0.6 is 23.2 Å². The van der Waals surface area contributed by atoms with Gasteiger partial charge in [0.25, 0.3) is 11.8 Å². The third-order valence-corrected chi connectivity index (χ3v) is 5.65. The fraction of sp³-hybridized carbons (Fsp3) is 0.391. The quantitative estimate of drug-likeness (QED) is 0.594. The molecule has 2 amide bonds. The minimum Gasteiger partial charge on any atom is -0.493 e. The molecule has 1 aliphatic rings. The fourth-order valence-electron chi connectivity index (χ4n) is 3.36. The Morgan fingerprint density at radius 3 is 2.19 bits per heavy atom. The number of carbonyl (C=O) groups excluding carboxylic acids is 2. The Bertz CT molecular complexity index is 1010. The van der Waals surface area contributed by atoms with Crippen molar-refractivity contribution < 1.29 is 23.5 Å². The van der Waals surface area contributed by atoms with Gasteiger partial charge in [0.1, 0.15) is 5.82 Å². The summed E-state index contributed by atoms with van der Waals surface area (Å²) in [5.41, 5.74) is 0.617. The van der Waals surface area contributed by atoms with Crippen LogP contribution in [0.2, 0.25) is 10.0 Å². The smallest absolute Gasteiger partial charge is 0.255 e. The molecule has 32 heavy (non-hydrogen) atoms. The molecule has 1 fully saturated rings. The molecule has 1 aliphatic heterocycles. The van der Waals surface area contributed by atoms with Gasteiger partial charge < -0.3 is 19.3 Å². The van der Waals surface area contributed by atoms with E-state index in [1.54, 1.807) is 21.9 Å². The van der Waals surface area contributed by atoms with Crippen molar-refractivity contribution in [1.29, 1.82) is 0 Å². The molecule has 0 aromatic heterocycles. The minimum atomic E-state index is -0.503. The highest BCUT2D eigenvalue weighted by Gasteiger charge is 2.27. The maximum absolute atomic E-state index is 13.3. The van der Waals surface area contributed by atoms with Gasteiger partial charge in [-0.3, -0.25) is 9.59 Å². The van der Waals surface area contributed by atoms with Crippen LogP contribution in [0.5, 0.6) is 11.5 Å². The Balaban J connectivity index is 1.68. The number of ether oxygens (including phenoxy) is 2. The Morgan fingerprint density at radius 1 is 1.00 bits per heavy atom. The Labute approximate surface area is 196 Å². The van der Waals surface area contributed by atoms with Gasteiger partial charge in [0, 0.05) is 31.7 Å². The van der Waals surface area contributed by atoms with E-state index >= 15 is 0 Å². The summed E-state index contributed by atoms with van der Waals surface area (Å²) >= 11 is 12.4. The number of hydrogen-bond acceptors (Lipinski definition) is 4. The van der Waals surface area contributed by atoms with Crippen molar-refractivity contribution in [3.63, 3.8) is 0 Å². The van der Waals surface area contributed by atoms with Crippen molar-refractivity contribution in [3.8, 4) is 11.5 Å². The van der Waals surface area contributed by atoms with Crippen molar-refractivity contribution in [2.45, 2.75) is 13.8 Å². The predicted molar refractivity (Wildman–Crippen MR) is 122 cm³/mol. The normalized spacial score (nSPS) is 14.0. The highest BCUT2D eigenvalue weighted by atomic mass is 35.5. The van der Waals surface area contributed by atoms with E-state index in [4.69, 9.17) is 32.7 Å². The summed E-state index contributed by atoms with van der Waals surface area (Å²) in [5.74, 6) is 0.0934. The van der Waals surface area contributed by atoms with Gasteiger partial charge in [0.2, 0.25) is 0 Å². The lowest BCUT2D eigenvalue weighted by Crippen LogP contribution is -2.50. The molecule has 9 heteroatoms. The molecule has 0 radical (unpaired) electrons. The summed E-state index contributed by atoms with van der Waals surface area (Å²) in [6, 6.07) is 6.86. The average Bonchev–Trinajstić information content (AvgIpc) is 2.76. The lowest BCUT2D eigenvalue weighted by atomic mass is 10.1. The number of piperazine rings is 1. The number of benzene rings is 2. The van der Waals surface area contributed by atoms with Crippen LogP contribution in [0.3, 0.4) is 0 Å². The van der Waals surface area contributed by atoms with Gasteiger partial charge >= 0.3 is 0 Å². The number of carbonyl (C=O) groups is 2. The van der Waals surface area contributed by atoms with Crippen LogP contribution in [0.4, 0.5) is 4.39 Å². The van der Waals surface area contributed by atoms with Crippen LogP contribution in [-0.2, 0) is 0 Å². The number of rotatable bonds is 6. The molecule has 0 saturated carbocycles. The highest BCUT2D eigenvalue weighted by molar-refractivity contribution is 6.34. The van der Waals surface area contributed by atoms with E-state index in [1.165, 1.54) is 19.2 Å². The SMILES string of the molecule is COc1cc(C(=O)N2CCN(C(=O)c3ccc(F)cc3Cl)CC2)cc(Cl)c1OCC(C)C. The van der Waals surface area contributed by atoms with Gasteiger partial charge in [-0.25, -0.2) is 4.39 Å². The predicted octanol–water partition coefficient (Wildman–Crippen LogP) is 4.77. The Morgan fingerprint density at radius 2 is 1.62 bits per heavy atom. The van der Waals surface area contributed by atoms with Gasteiger partial charge in [-0.05, 0) is 36.2 Å². The number of halogens is 3. The molecule has 1 heterocycles. The van der Waals surface area contributed by atoms with E-state index in [0.29, 0.717) is 60.8 Å². The van der Waals surface area contributed by atoms with Crippen molar-refractivity contribution in [3.05, 3.63) is 57.3 Å². The molecule has 2 aromatic carbocycles. The van der Waals surface area contributed by atoms with Crippen molar-refractivity contribution in [2.24, 2.45) is 5.92 Å². The zero-order chi connectivity index (χ0) is 23.4. The number of nitrogens with zero attached hydrogens (tertiary/aromatic N) is 2. The fourth-order valence-corrected chi connectivity index (χ4v) is 3.88. The van der Waals surface area contributed by atoms with Gasteiger partial charge in [-0.2, -0.15) is 0 Å². The third kappa shape index (κ3) is 5.45. The zero-order valence-electron chi connectivity index (χ0n) is 18.2. The Hall–Kier alpha value is -2.51. The summed E-state index contributed by atoms with van der Waals surface area (Å²) < 4.78 is 24.4. The van der Waals surface area contributed by atoms with E-state index in [9.17, 15) is 14.0 Å². The summed E-state index contributed by atoms with van der Waals surface area (Å²) in [5, 5.41) is 0.364. The lowest BCUT2D eigenvalue weighted by Gasteiger charge is -2.35. The second-order valence-electron chi connectivity index (χ2n) is 7.90. The molecule has 3 rings (SSSR count). The standard InChI is InChI=1S/C23H25Cl2FN2O4/c1-14(2)13-32-21-19(25)10-15(11-20(21)31-3)22(29)27-6-8-28(9-7-27)23(30)17-5-4-16(26)12-18(17)24/h4-5,10-12,14H,6-9,13H2,1-3H3. The molecular formula is C23H25Cl2FN2O4. The van der Waals surface area contributed by atoms with E-state index < -0.39 is 5.82 Å². The minimum absolute atomic E-state index is 0.0648. The monoisotopic (exact) mass is 482 g/mol. The highest BCUT2D eigenvalue weighted by Crippen LogP contribution is 2.37. The van der Waals surface area contributed by atoms with E-state index in [-0.39, 0.29) is 22.4 Å². The van der Waals surface area contributed by atoms with Gasteiger partial charge in [0.15, 0.2) is 11.5 Å². The molecule has 1 saturated heterocycles. The number of methoxy groups -OCH3 is 1. The summed E-state index contributed by atoms with van der Waals surface area (Å²) in [6.45, 7) is 5.86. The molecule has 0 atom stereocenters. The first kappa shape index (κ1) is 24.1. The maximum Gasteiger partial charge on any atom is 0.255 e. The van der Waals surface area contributed by atoms with E-state index in [2.05, 4.69) is 0 Å². The first-order valence-corrected chi connectivity index (χ1v) is 11.0. The molecule has 0 spiro atoms. The van der Waals surface area contributed by atoms with Crippen molar-refractivity contribution in [1.82, 2.24) is 9.80 Å². The Kier molecular flexibility index (Phi) is 7.85. The van der Waals surface area contributed by atoms with E-state index in [0.717, 1.165) is 6.07 Å². The second kappa shape index (κ2) is 10.4. The summed E-state index contributed by atoms with van der Waals surface area (Å²) in [7, 11) is 1.49. The number of hydrogen-bond donors (Lipinski definition) is 0. The molecule has 6 nitrogen and oxygen atoms in total. The topological polar surface area (TPSA) is 59.1 Å². The zero-order valence-corrected chi connectivity index (χ0v) is 19.7. The first-order valence-electron chi connectivity index (χ1n) is 10.2. The maximum atomic E-state index is 13.3. The largest absolute Gasteiger partial charge is 0.493 e. The molecule has 0 bridgehead atoms. The van der Waals surface area contributed by atoms with Gasteiger partial charge in [0.05, 0.1) is 29.3 Å². The first-order chi connectivity index (χ1) is 15.2.